The SMILES string of the molecule is C=CCN1C(=O)/C(=C/C(=O)O)S/C1=N\NC(=O)OC(C)(C)C. The molecule has 0 spiro atoms. The maximum absolute atomic E-state index is 12.0. The third-order valence-electron chi connectivity index (χ3n) is 2.10. The number of thioether (sulfide) groups is 1. The van der Waals surface area contributed by atoms with Crippen LogP contribution in [0.3, 0.4) is 0 Å². The number of carboxylic acids is 1. The number of rotatable bonds is 4. The number of hydrogen-bond acceptors (Lipinski definition) is 6. The predicted octanol–water partition coefficient (Wildman–Crippen LogP) is 1.51. The summed E-state index contributed by atoms with van der Waals surface area (Å²) >= 11 is 0.844. The lowest BCUT2D eigenvalue weighted by atomic mass is 10.2. The van der Waals surface area contributed by atoms with Crippen molar-refractivity contribution in [1.82, 2.24) is 10.3 Å². The fraction of sp³-hybridized carbons (Fsp3) is 0.385. The average Bonchev–Trinajstić information content (AvgIpc) is 2.63. The van der Waals surface area contributed by atoms with Crippen LogP contribution in [0.25, 0.3) is 0 Å². The summed E-state index contributed by atoms with van der Waals surface area (Å²) in [6, 6.07) is 0. The zero-order valence-electron chi connectivity index (χ0n) is 12.5. The van der Waals surface area contributed by atoms with Crippen molar-refractivity contribution in [3.05, 3.63) is 23.6 Å². The summed E-state index contributed by atoms with van der Waals surface area (Å²) < 4.78 is 5.01. The van der Waals surface area contributed by atoms with Gasteiger partial charge in [-0.25, -0.2) is 15.0 Å². The molecule has 0 aromatic heterocycles. The minimum atomic E-state index is -1.24. The van der Waals surface area contributed by atoms with Gasteiger partial charge in [0.1, 0.15) is 5.60 Å². The van der Waals surface area contributed by atoms with Crippen LogP contribution in [0.4, 0.5) is 4.79 Å². The lowest BCUT2D eigenvalue weighted by Gasteiger charge is -2.19. The highest BCUT2D eigenvalue weighted by atomic mass is 32.2. The number of amidine groups is 1. The number of amides is 2. The summed E-state index contributed by atoms with van der Waals surface area (Å²) in [5, 5.41) is 12.7. The zero-order valence-corrected chi connectivity index (χ0v) is 13.3. The second-order valence-electron chi connectivity index (χ2n) is 5.16. The molecule has 0 unspecified atom stereocenters. The molecule has 1 saturated heterocycles. The number of hydrazone groups is 1. The van der Waals surface area contributed by atoms with Crippen molar-refractivity contribution in [2.45, 2.75) is 26.4 Å². The van der Waals surface area contributed by atoms with E-state index < -0.39 is 23.6 Å². The highest BCUT2D eigenvalue weighted by Gasteiger charge is 2.33. The molecule has 120 valence electrons. The Balaban J connectivity index is 2.89. The third kappa shape index (κ3) is 5.24. The standard InChI is InChI=1S/C13H17N3O5S/c1-5-6-16-10(19)8(7-9(17)18)22-11(16)14-15-12(20)21-13(2,3)4/h5,7H,1,6H2,2-4H3,(H,15,20)(H,17,18)/b8-7-,14-11-. The van der Waals surface area contributed by atoms with Gasteiger partial charge in [-0.05, 0) is 32.5 Å². The Morgan fingerprint density at radius 2 is 2.14 bits per heavy atom. The van der Waals surface area contributed by atoms with Gasteiger partial charge in [-0.2, -0.15) is 0 Å². The summed E-state index contributed by atoms with van der Waals surface area (Å²) in [4.78, 5) is 35.4. The van der Waals surface area contributed by atoms with Crippen LogP contribution in [0.1, 0.15) is 20.8 Å². The highest BCUT2D eigenvalue weighted by molar-refractivity contribution is 8.18. The summed E-state index contributed by atoms with van der Waals surface area (Å²) in [7, 11) is 0. The van der Waals surface area contributed by atoms with E-state index in [0.717, 1.165) is 17.8 Å². The number of nitrogens with zero attached hydrogens (tertiary/aromatic N) is 2. The largest absolute Gasteiger partial charge is 0.478 e. The number of carboxylic acid groups (broad SMARTS) is 1. The van der Waals surface area contributed by atoms with Crippen LogP contribution in [0.15, 0.2) is 28.7 Å². The first-order valence-corrected chi connectivity index (χ1v) is 7.07. The molecule has 0 saturated carbocycles. The number of carbonyl (C=O) groups is 3. The molecular formula is C13H17N3O5S. The van der Waals surface area contributed by atoms with Crippen LogP contribution < -0.4 is 5.43 Å². The first-order valence-electron chi connectivity index (χ1n) is 6.26. The molecule has 1 aliphatic heterocycles. The van der Waals surface area contributed by atoms with Gasteiger partial charge in [0.15, 0.2) is 5.17 Å². The molecule has 0 bridgehead atoms. The Bertz CT molecular complexity index is 563. The Morgan fingerprint density at radius 1 is 1.50 bits per heavy atom. The van der Waals surface area contributed by atoms with E-state index in [1.807, 2.05) is 0 Å². The summed E-state index contributed by atoms with van der Waals surface area (Å²) in [6.45, 7) is 8.75. The van der Waals surface area contributed by atoms with Gasteiger partial charge in [0.2, 0.25) is 0 Å². The minimum Gasteiger partial charge on any atom is -0.478 e. The lowest BCUT2D eigenvalue weighted by molar-refractivity contribution is -0.132. The zero-order chi connectivity index (χ0) is 16.9. The van der Waals surface area contributed by atoms with Crippen molar-refractivity contribution < 1.29 is 24.2 Å². The summed E-state index contributed by atoms with van der Waals surface area (Å²) in [6.07, 6.45) is 1.48. The fourth-order valence-corrected chi connectivity index (χ4v) is 2.30. The molecule has 1 aliphatic rings. The van der Waals surface area contributed by atoms with Crippen molar-refractivity contribution in [2.24, 2.45) is 5.10 Å². The van der Waals surface area contributed by atoms with Gasteiger partial charge in [0, 0.05) is 12.6 Å². The number of aliphatic carboxylic acids is 1. The van der Waals surface area contributed by atoms with E-state index in [9.17, 15) is 14.4 Å². The van der Waals surface area contributed by atoms with E-state index in [-0.39, 0.29) is 16.6 Å². The van der Waals surface area contributed by atoms with Gasteiger partial charge in [-0.15, -0.1) is 11.7 Å². The molecule has 0 radical (unpaired) electrons. The first-order chi connectivity index (χ1) is 10.1. The average molecular weight is 327 g/mol. The topological polar surface area (TPSA) is 108 Å². The number of nitrogens with one attached hydrogen (secondary N) is 1. The molecule has 0 aromatic carbocycles. The van der Waals surface area contributed by atoms with Crippen molar-refractivity contribution in [3.63, 3.8) is 0 Å². The normalized spacial score (nSPS) is 18.7. The van der Waals surface area contributed by atoms with E-state index >= 15 is 0 Å². The van der Waals surface area contributed by atoms with E-state index in [0.29, 0.717) is 0 Å². The molecule has 9 heteroatoms. The minimum absolute atomic E-state index is 0.000844. The van der Waals surface area contributed by atoms with Gasteiger partial charge in [-0.3, -0.25) is 9.69 Å². The van der Waals surface area contributed by atoms with Gasteiger partial charge in [-0.1, -0.05) is 6.08 Å². The Hall–Kier alpha value is -2.29. The first kappa shape index (κ1) is 17.8. The van der Waals surface area contributed by atoms with Crippen LogP contribution in [0.2, 0.25) is 0 Å². The van der Waals surface area contributed by atoms with Crippen LogP contribution in [-0.2, 0) is 14.3 Å². The molecule has 1 rings (SSSR count). The Kier molecular flexibility index (Phi) is 5.75. The van der Waals surface area contributed by atoms with Crippen molar-refractivity contribution >= 4 is 34.9 Å². The van der Waals surface area contributed by atoms with E-state index in [1.165, 1.54) is 11.0 Å². The molecular weight excluding hydrogens is 310 g/mol. The quantitative estimate of drug-likeness (QED) is 0.460. The van der Waals surface area contributed by atoms with Crippen molar-refractivity contribution in [3.8, 4) is 0 Å². The highest BCUT2D eigenvalue weighted by Crippen LogP contribution is 2.30. The summed E-state index contributed by atoms with van der Waals surface area (Å²) in [5.41, 5.74) is 1.48. The molecule has 2 N–H and O–H groups in total. The van der Waals surface area contributed by atoms with Crippen molar-refractivity contribution in [1.29, 1.82) is 0 Å². The molecule has 1 heterocycles. The third-order valence-corrected chi connectivity index (χ3v) is 3.10. The molecule has 22 heavy (non-hydrogen) atoms. The maximum atomic E-state index is 12.0. The van der Waals surface area contributed by atoms with Crippen LogP contribution in [0.5, 0.6) is 0 Å². The second-order valence-corrected chi connectivity index (χ2v) is 6.17. The van der Waals surface area contributed by atoms with E-state index in [2.05, 4.69) is 17.1 Å². The van der Waals surface area contributed by atoms with Crippen molar-refractivity contribution in [2.75, 3.05) is 6.54 Å². The molecule has 0 atom stereocenters. The second kappa shape index (κ2) is 7.12. The number of ether oxygens (including phenoxy) is 1. The maximum Gasteiger partial charge on any atom is 0.428 e. The van der Waals surface area contributed by atoms with E-state index in [4.69, 9.17) is 9.84 Å². The molecule has 8 nitrogen and oxygen atoms in total. The predicted molar refractivity (Wildman–Crippen MR) is 82.0 cm³/mol. The molecule has 0 aliphatic carbocycles. The number of hydrogen-bond donors (Lipinski definition) is 2. The molecule has 2 amide bonds. The number of carbonyl (C=O) groups excluding carboxylic acids is 2. The van der Waals surface area contributed by atoms with Crippen LogP contribution >= 0.6 is 11.8 Å². The van der Waals surface area contributed by atoms with E-state index in [1.54, 1.807) is 20.8 Å². The van der Waals surface area contributed by atoms with Gasteiger partial charge >= 0.3 is 12.1 Å². The van der Waals surface area contributed by atoms with Crippen LogP contribution in [0, 0.1) is 0 Å². The Labute approximate surface area is 131 Å². The van der Waals surface area contributed by atoms with Gasteiger partial charge < -0.3 is 9.84 Å². The molecule has 1 fully saturated rings. The molecule has 0 aromatic rings. The monoisotopic (exact) mass is 327 g/mol. The van der Waals surface area contributed by atoms with Crippen LogP contribution in [-0.4, -0.2) is 45.3 Å². The smallest absolute Gasteiger partial charge is 0.428 e. The fourth-order valence-electron chi connectivity index (χ4n) is 1.39. The lowest BCUT2D eigenvalue weighted by Crippen LogP contribution is -2.33. The Morgan fingerprint density at radius 3 is 2.64 bits per heavy atom. The van der Waals surface area contributed by atoms with Gasteiger partial charge in [0.05, 0.1) is 4.91 Å². The summed E-state index contributed by atoms with van der Waals surface area (Å²) in [5.74, 6) is -1.76. The van der Waals surface area contributed by atoms with Gasteiger partial charge in [0.25, 0.3) is 5.91 Å².